The van der Waals surface area contributed by atoms with Gasteiger partial charge in [0, 0.05) is 13.3 Å². The summed E-state index contributed by atoms with van der Waals surface area (Å²) in [7, 11) is 0. The minimum absolute atomic E-state index is 0.153. The number of esters is 1. The summed E-state index contributed by atoms with van der Waals surface area (Å²) in [6.45, 7) is 7.07. The van der Waals surface area contributed by atoms with E-state index in [0.717, 1.165) is 43.4 Å². The Morgan fingerprint density at radius 1 is 1.12 bits per heavy atom. The summed E-state index contributed by atoms with van der Waals surface area (Å²) in [5.41, 5.74) is 2.15. The Morgan fingerprint density at radius 3 is 2.69 bits per heavy atom. The van der Waals surface area contributed by atoms with Gasteiger partial charge in [0.05, 0.1) is 6.61 Å². The van der Waals surface area contributed by atoms with Crippen molar-refractivity contribution in [2.24, 2.45) is 34.5 Å². The Morgan fingerprint density at radius 2 is 1.92 bits per heavy atom. The molecule has 26 heavy (non-hydrogen) atoms. The van der Waals surface area contributed by atoms with E-state index in [9.17, 15) is 9.59 Å². The number of carbonyl (C=O) groups is 2. The number of ether oxygens (including phenoxy) is 1. The van der Waals surface area contributed by atoms with Crippen LogP contribution in [-0.2, 0) is 14.3 Å². The third-order valence-corrected chi connectivity index (χ3v) is 8.93. The topological polar surface area (TPSA) is 43.4 Å². The smallest absolute Gasteiger partial charge is 0.302 e. The van der Waals surface area contributed by atoms with E-state index < -0.39 is 0 Å². The van der Waals surface area contributed by atoms with Crippen molar-refractivity contribution in [2.75, 3.05) is 6.61 Å². The molecule has 0 aromatic heterocycles. The first-order chi connectivity index (χ1) is 12.3. The van der Waals surface area contributed by atoms with E-state index in [1.54, 1.807) is 0 Å². The molecule has 4 rings (SSSR count). The Hall–Kier alpha value is -1.12. The van der Waals surface area contributed by atoms with Crippen molar-refractivity contribution in [3.05, 3.63) is 11.6 Å². The molecule has 0 radical (unpaired) electrons. The molecule has 3 heteroatoms. The summed E-state index contributed by atoms with van der Waals surface area (Å²) in [5, 5.41) is 0. The van der Waals surface area contributed by atoms with Crippen molar-refractivity contribution in [2.45, 2.75) is 78.6 Å². The molecule has 4 aliphatic rings. The van der Waals surface area contributed by atoms with E-state index in [-0.39, 0.29) is 11.4 Å². The minimum Gasteiger partial charge on any atom is -0.466 e. The summed E-state index contributed by atoms with van der Waals surface area (Å²) in [6.07, 6.45) is 12.5. The molecule has 0 aromatic carbocycles. The quantitative estimate of drug-likeness (QED) is 0.660. The first kappa shape index (κ1) is 18.3. The van der Waals surface area contributed by atoms with Crippen LogP contribution in [-0.4, -0.2) is 18.4 Å². The van der Waals surface area contributed by atoms with Gasteiger partial charge in [0.15, 0.2) is 5.78 Å². The zero-order chi connectivity index (χ0) is 18.5. The van der Waals surface area contributed by atoms with Crippen LogP contribution in [0.3, 0.4) is 0 Å². The zero-order valence-corrected chi connectivity index (χ0v) is 16.7. The van der Waals surface area contributed by atoms with Gasteiger partial charge in [-0.15, -0.1) is 0 Å². The number of fused-ring (bicyclic) bond motifs is 5. The molecular weight excluding hydrogens is 324 g/mol. The summed E-state index contributed by atoms with van der Waals surface area (Å²) in [4.78, 5) is 23.0. The lowest BCUT2D eigenvalue weighted by Crippen LogP contribution is -2.50. The van der Waals surface area contributed by atoms with Crippen molar-refractivity contribution < 1.29 is 14.3 Å². The van der Waals surface area contributed by atoms with Crippen LogP contribution in [0.1, 0.15) is 78.6 Å². The van der Waals surface area contributed by atoms with E-state index in [4.69, 9.17) is 4.74 Å². The first-order valence-corrected chi connectivity index (χ1v) is 10.7. The number of allylic oxidation sites excluding steroid dienone is 1. The van der Waals surface area contributed by atoms with E-state index in [1.807, 2.05) is 6.08 Å². The minimum atomic E-state index is -0.153. The van der Waals surface area contributed by atoms with Crippen molar-refractivity contribution in [1.29, 1.82) is 0 Å². The van der Waals surface area contributed by atoms with E-state index >= 15 is 0 Å². The van der Waals surface area contributed by atoms with Gasteiger partial charge >= 0.3 is 5.97 Å². The Kier molecular flexibility index (Phi) is 4.56. The van der Waals surface area contributed by atoms with Crippen LogP contribution in [0.2, 0.25) is 0 Å². The van der Waals surface area contributed by atoms with Crippen LogP contribution in [0.15, 0.2) is 11.6 Å². The van der Waals surface area contributed by atoms with Crippen LogP contribution in [0.25, 0.3) is 0 Å². The second-order valence-electron chi connectivity index (χ2n) is 9.92. The third-order valence-electron chi connectivity index (χ3n) is 8.93. The molecule has 0 heterocycles. The third kappa shape index (κ3) is 2.77. The molecule has 5 unspecified atom stereocenters. The van der Waals surface area contributed by atoms with E-state index in [0.29, 0.717) is 23.7 Å². The highest BCUT2D eigenvalue weighted by Gasteiger charge is 2.58. The molecule has 4 aliphatic carbocycles. The van der Waals surface area contributed by atoms with Crippen LogP contribution in [0.4, 0.5) is 0 Å². The molecule has 0 aliphatic heterocycles. The fourth-order valence-electron chi connectivity index (χ4n) is 7.49. The average Bonchev–Trinajstić information content (AvgIpc) is 2.92. The van der Waals surface area contributed by atoms with Crippen molar-refractivity contribution in [3.8, 4) is 0 Å². The maximum atomic E-state index is 11.9. The maximum Gasteiger partial charge on any atom is 0.302 e. The normalized spacial score (nSPS) is 44.6. The number of ketones is 1. The van der Waals surface area contributed by atoms with Crippen LogP contribution < -0.4 is 0 Å². The van der Waals surface area contributed by atoms with Crippen molar-refractivity contribution >= 4 is 11.8 Å². The molecule has 0 saturated heterocycles. The summed E-state index contributed by atoms with van der Waals surface area (Å²) < 4.78 is 5.25. The van der Waals surface area contributed by atoms with Crippen LogP contribution >= 0.6 is 0 Å². The standard InChI is InChI=1S/C23H34O3/c1-15(24)26-13-10-16-5-7-20-19-6-4-17-14-18(25)8-11-23(17,3)21(19)9-12-22(16,20)2/h14,16,19-21H,4-13H2,1-3H3/t16?,19?,20?,21?,22-,23?/m1/s1. The highest BCUT2D eigenvalue weighted by Crippen LogP contribution is 2.66. The molecule has 0 spiro atoms. The van der Waals surface area contributed by atoms with Gasteiger partial charge in [-0.05, 0) is 91.9 Å². The summed E-state index contributed by atoms with van der Waals surface area (Å²) >= 11 is 0. The van der Waals surface area contributed by atoms with Crippen molar-refractivity contribution in [1.82, 2.24) is 0 Å². The Balaban J connectivity index is 1.52. The maximum absolute atomic E-state index is 11.9. The van der Waals surface area contributed by atoms with E-state index in [1.165, 1.54) is 44.6 Å². The molecule has 6 atom stereocenters. The molecule has 0 aromatic rings. The first-order valence-electron chi connectivity index (χ1n) is 10.7. The average molecular weight is 359 g/mol. The molecule has 0 amide bonds. The number of carbonyl (C=O) groups excluding carboxylic acids is 2. The number of hydrogen-bond donors (Lipinski definition) is 0. The second-order valence-corrected chi connectivity index (χ2v) is 9.92. The molecule has 144 valence electrons. The van der Waals surface area contributed by atoms with Gasteiger partial charge in [-0.3, -0.25) is 9.59 Å². The highest BCUT2D eigenvalue weighted by molar-refractivity contribution is 5.91. The Labute approximate surface area is 157 Å². The summed E-state index contributed by atoms with van der Waals surface area (Å²) in [5.74, 6) is 3.30. The van der Waals surface area contributed by atoms with Crippen LogP contribution in [0, 0.1) is 34.5 Å². The van der Waals surface area contributed by atoms with Crippen molar-refractivity contribution in [3.63, 3.8) is 0 Å². The van der Waals surface area contributed by atoms with Gasteiger partial charge in [-0.1, -0.05) is 19.4 Å². The second kappa shape index (κ2) is 6.49. The number of hydrogen-bond acceptors (Lipinski definition) is 3. The fraction of sp³-hybridized carbons (Fsp3) is 0.826. The van der Waals surface area contributed by atoms with Gasteiger partial charge in [-0.2, -0.15) is 0 Å². The predicted octanol–water partition coefficient (Wildman–Crippen LogP) is 5.09. The molecule has 3 saturated carbocycles. The molecule has 3 fully saturated rings. The van der Waals surface area contributed by atoms with Gasteiger partial charge in [0.25, 0.3) is 0 Å². The lowest BCUT2D eigenvalue weighted by atomic mass is 9.47. The van der Waals surface area contributed by atoms with Crippen LogP contribution in [0.5, 0.6) is 0 Å². The predicted molar refractivity (Wildman–Crippen MR) is 101 cm³/mol. The lowest BCUT2D eigenvalue weighted by Gasteiger charge is -2.58. The molecule has 0 bridgehead atoms. The highest BCUT2D eigenvalue weighted by atomic mass is 16.5. The van der Waals surface area contributed by atoms with Gasteiger partial charge in [0.1, 0.15) is 0 Å². The molecule has 3 nitrogen and oxygen atoms in total. The van der Waals surface area contributed by atoms with Gasteiger partial charge in [0.2, 0.25) is 0 Å². The Bertz CT molecular complexity index is 635. The summed E-state index contributed by atoms with van der Waals surface area (Å²) in [6, 6.07) is 0. The van der Waals surface area contributed by atoms with Gasteiger partial charge < -0.3 is 4.74 Å². The molecular formula is C23H34O3. The monoisotopic (exact) mass is 358 g/mol. The van der Waals surface area contributed by atoms with E-state index in [2.05, 4.69) is 13.8 Å². The number of rotatable bonds is 3. The van der Waals surface area contributed by atoms with Gasteiger partial charge in [-0.25, -0.2) is 0 Å². The fourth-order valence-corrected chi connectivity index (χ4v) is 7.49. The largest absolute Gasteiger partial charge is 0.466 e. The SMILES string of the molecule is CC(=O)OCCC1CCC2C3CCC4=CC(=O)CCC4(C)C3CC[C@]12C. The molecule has 0 N–H and O–H groups in total. The zero-order valence-electron chi connectivity index (χ0n) is 16.7. The lowest BCUT2D eigenvalue weighted by molar-refractivity contribution is -0.141.